The lowest BCUT2D eigenvalue weighted by molar-refractivity contribution is -0.148. The fourth-order valence-electron chi connectivity index (χ4n) is 3.08. The Morgan fingerprint density at radius 2 is 2.00 bits per heavy atom. The molecule has 6 heteroatoms. The lowest BCUT2D eigenvalue weighted by atomic mass is 9.82. The second kappa shape index (κ2) is 7.13. The molecule has 22 heavy (non-hydrogen) atoms. The van der Waals surface area contributed by atoms with Crippen molar-refractivity contribution in [2.24, 2.45) is 5.92 Å². The minimum Gasteiger partial charge on any atom is -0.478 e. The molecule has 0 saturated heterocycles. The number of benzene rings is 1. The Hall–Kier alpha value is -1.56. The van der Waals surface area contributed by atoms with Crippen molar-refractivity contribution in [3.63, 3.8) is 0 Å². The molecule has 0 spiro atoms. The number of halogens is 3. The Balaban J connectivity index is 1.96. The maximum atomic E-state index is 12.6. The minimum atomic E-state index is -4.13. The molecule has 2 N–H and O–H groups in total. The zero-order valence-corrected chi connectivity index (χ0v) is 12.2. The van der Waals surface area contributed by atoms with Gasteiger partial charge < -0.3 is 10.4 Å². The number of carboxylic acids is 1. The molecule has 2 rings (SSSR count). The topological polar surface area (TPSA) is 49.3 Å². The predicted molar refractivity (Wildman–Crippen MR) is 76.7 cm³/mol. The van der Waals surface area contributed by atoms with Gasteiger partial charge in [0, 0.05) is 19.0 Å². The number of alkyl halides is 3. The molecule has 1 saturated carbocycles. The summed E-state index contributed by atoms with van der Waals surface area (Å²) in [4.78, 5) is 10.9. The van der Waals surface area contributed by atoms with E-state index in [1.54, 1.807) is 18.2 Å². The van der Waals surface area contributed by atoms with Gasteiger partial charge in [-0.3, -0.25) is 0 Å². The normalized spacial score (nSPS) is 22.5. The molecule has 0 aromatic heterocycles. The Bertz CT molecular complexity index is 516. The summed E-state index contributed by atoms with van der Waals surface area (Å²) in [7, 11) is 0. The number of hydrogen-bond acceptors (Lipinski definition) is 2. The third-order valence-electron chi connectivity index (χ3n) is 4.15. The van der Waals surface area contributed by atoms with E-state index in [1.165, 1.54) is 6.07 Å². The Morgan fingerprint density at radius 3 is 2.68 bits per heavy atom. The van der Waals surface area contributed by atoms with Gasteiger partial charge in [-0.05, 0) is 36.5 Å². The number of nitrogens with one attached hydrogen (secondary N) is 1. The van der Waals surface area contributed by atoms with Crippen LogP contribution in [0, 0.1) is 5.92 Å². The number of rotatable bonds is 5. The standard InChI is InChI=1S/C16H20F3NO2/c17-16(18,19)9-13-5-1-2-7-14(13)20-10-11-4-3-6-12(8-11)15(21)22/h3-4,6,8,13-14,20H,1-2,5,7,9-10H2,(H,21,22)/t13-,14-/m0/s1. The van der Waals surface area contributed by atoms with E-state index in [-0.39, 0.29) is 11.6 Å². The largest absolute Gasteiger partial charge is 0.478 e. The van der Waals surface area contributed by atoms with E-state index in [2.05, 4.69) is 5.32 Å². The van der Waals surface area contributed by atoms with Gasteiger partial charge in [0.2, 0.25) is 0 Å². The molecule has 1 aliphatic carbocycles. The van der Waals surface area contributed by atoms with E-state index in [0.29, 0.717) is 13.0 Å². The summed E-state index contributed by atoms with van der Waals surface area (Å²) in [6.45, 7) is 0.389. The molecule has 1 aromatic rings. The Morgan fingerprint density at radius 1 is 1.27 bits per heavy atom. The molecule has 122 valence electrons. The second-order valence-corrected chi connectivity index (χ2v) is 5.86. The fourth-order valence-corrected chi connectivity index (χ4v) is 3.08. The van der Waals surface area contributed by atoms with E-state index in [9.17, 15) is 18.0 Å². The molecule has 0 unspecified atom stereocenters. The van der Waals surface area contributed by atoms with Crippen molar-refractivity contribution in [3.8, 4) is 0 Å². The molecule has 2 atom stereocenters. The van der Waals surface area contributed by atoms with Gasteiger partial charge in [-0.15, -0.1) is 0 Å². The lowest BCUT2D eigenvalue weighted by Crippen LogP contribution is -2.40. The summed E-state index contributed by atoms with van der Waals surface area (Å²) in [6.07, 6.45) is -1.79. The Kier molecular flexibility index (Phi) is 5.45. The first-order valence-corrected chi connectivity index (χ1v) is 7.47. The van der Waals surface area contributed by atoms with Crippen LogP contribution in [0.1, 0.15) is 48.0 Å². The van der Waals surface area contributed by atoms with Crippen LogP contribution in [-0.2, 0) is 6.54 Å². The predicted octanol–water partition coefficient (Wildman–Crippen LogP) is 3.99. The first-order chi connectivity index (χ1) is 10.3. The third-order valence-corrected chi connectivity index (χ3v) is 4.15. The van der Waals surface area contributed by atoms with Gasteiger partial charge in [-0.25, -0.2) is 4.79 Å². The number of carboxylic acid groups (broad SMARTS) is 1. The van der Waals surface area contributed by atoms with Gasteiger partial charge in [0.15, 0.2) is 0 Å². The van der Waals surface area contributed by atoms with Crippen LogP contribution in [0.2, 0.25) is 0 Å². The van der Waals surface area contributed by atoms with Crippen molar-refractivity contribution in [2.45, 2.75) is 50.9 Å². The van der Waals surface area contributed by atoms with Gasteiger partial charge in [0.25, 0.3) is 0 Å². The molecule has 1 aromatic carbocycles. The van der Waals surface area contributed by atoms with Crippen molar-refractivity contribution in [2.75, 3.05) is 0 Å². The highest BCUT2D eigenvalue weighted by Gasteiger charge is 2.36. The maximum Gasteiger partial charge on any atom is 0.389 e. The molecule has 0 heterocycles. The maximum absolute atomic E-state index is 12.6. The Labute approximate surface area is 127 Å². The monoisotopic (exact) mass is 315 g/mol. The lowest BCUT2D eigenvalue weighted by Gasteiger charge is -2.33. The number of carbonyl (C=O) groups is 1. The van der Waals surface area contributed by atoms with Crippen LogP contribution in [0.5, 0.6) is 0 Å². The fraction of sp³-hybridized carbons (Fsp3) is 0.562. The molecule has 0 bridgehead atoms. The van der Waals surface area contributed by atoms with E-state index >= 15 is 0 Å². The summed E-state index contributed by atoms with van der Waals surface area (Å²) in [5.74, 6) is -1.40. The highest BCUT2D eigenvalue weighted by atomic mass is 19.4. The zero-order valence-electron chi connectivity index (χ0n) is 12.2. The van der Waals surface area contributed by atoms with Crippen LogP contribution in [-0.4, -0.2) is 23.3 Å². The van der Waals surface area contributed by atoms with Gasteiger partial charge in [0.1, 0.15) is 0 Å². The minimum absolute atomic E-state index is 0.163. The molecule has 0 amide bonds. The van der Waals surface area contributed by atoms with E-state index in [1.807, 2.05) is 0 Å². The average molecular weight is 315 g/mol. The van der Waals surface area contributed by atoms with Crippen LogP contribution < -0.4 is 5.32 Å². The third kappa shape index (κ3) is 5.02. The summed E-state index contributed by atoms with van der Waals surface area (Å²) < 4.78 is 37.9. The van der Waals surface area contributed by atoms with Gasteiger partial charge >= 0.3 is 12.1 Å². The van der Waals surface area contributed by atoms with Crippen molar-refractivity contribution in [1.29, 1.82) is 0 Å². The summed E-state index contributed by atoms with van der Waals surface area (Å²) in [6, 6.07) is 6.31. The zero-order chi connectivity index (χ0) is 16.2. The number of aromatic carboxylic acids is 1. The van der Waals surface area contributed by atoms with E-state index < -0.39 is 24.5 Å². The molecule has 3 nitrogen and oxygen atoms in total. The molecule has 0 aliphatic heterocycles. The average Bonchev–Trinajstić information content (AvgIpc) is 2.45. The highest BCUT2D eigenvalue weighted by molar-refractivity contribution is 5.87. The van der Waals surface area contributed by atoms with Crippen molar-refractivity contribution >= 4 is 5.97 Å². The second-order valence-electron chi connectivity index (χ2n) is 5.86. The molecular weight excluding hydrogens is 295 g/mol. The van der Waals surface area contributed by atoms with Crippen molar-refractivity contribution in [1.82, 2.24) is 5.32 Å². The quantitative estimate of drug-likeness (QED) is 0.864. The highest BCUT2D eigenvalue weighted by Crippen LogP contribution is 2.34. The van der Waals surface area contributed by atoms with Crippen molar-refractivity contribution < 1.29 is 23.1 Å². The molecule has 1 aliphatic rings. The van der Waals surface area contributed by atoms with Crippen LogP contribution in [0.25, 0.3) is 0 Å². The van der Waals surface area contributed by atoms with Crippen molar-refractivity contribution in [3.05, 3.63) is 35.4 Å². The van der Waals surface area contributed by atoms with Gasteiger partial charge in [-0.1, -0.05) is 25.0 Å². The van der Waals surface area contributed by atoms with Crippen LogP contribution >= 0.6 is 0 Å². The van der Waals surface area contributed by atoms with Crippen LogP contribution in [0.4, 0.5) is 13.2 Å². The smallest absolute Gasteiger partial charge is 0.389 e. The summed E-state index contributed by atoms with van der Waals surface area (Å²) in [5, 5.41) is 12.1. The van der Waals surface area contributed by atoms with Crippen LogP contribution in [0.15, 0.2) is 24.3 Å². The SMILES string of the molecule is O=C(O)c1cccc(CN[C@H]2CCCC[C@H]2CC(F)(F)F)c1. The molecule has 1 fully saturated rings. The van der Waals surface area contributed by atoms with Gasteiger partial charge in [0.05, 0.1) is 5.56 Å². The van der Waals surface area contributed by atoms with Gasteiger partial charge in [-0.2, -0.15) is 13.2 Å². The summed E-state index contributed by atoms with van der Waals surface area (Å²) in [5.41, 5.74) is 0.964. The number of hydrogen-bond donors (Lipinski definition) is 2. The van der Waals surface area contributed by atoms with E-state index in [0.717, 1.165) is 24.8 Å². The molecular formula is C16H20F3NO2. The van der Waals surface area contributed by atoms with Crippen LogP contribution in [0.3, 0.4) is 0 Å². The first kappa shape index (κ1) is 16.8. The molecule has 0 radical (unpaired) electrons. The first-order valence-electron chi connectivity index (χ1n) is 7.47. The van der Waals surface area contributed by atoms with E-state index in [4.69, 9.17) is 5.11 Å². The summed E-state index contributed by atoms with van der Waals surface area (Å²) >= 11 is 0.